The lowest BCUT2D eigenvalue weighted by Crippen LogP contribution is -2.39. The Labute approximate surface area is 267 Å². The van der Waals surface area contributed by atoms with E-state index in [2.05, 4.69) is 10.6 Å². The number of carbonyl (C=O) groups is 3. The predicted octanol–water partition coefficient (Wildman–Crippen LogP) is -0.501. The molecule has 17 nitrogen and oxygen atoms in total. The Kier molecular flexibility index (Phi) is 23.5. The molecule has 0 radical (unpaired) electrons. The van der Waals surface area contributed by atoms with Crippen molar-refractivity contribution in [1.29, 1.82) is 0 Å². The molecule has 0 heterocycles. The third kappa shape index (κ3) is 18.8. The molecule has 0 aliphatic rings. The molecule has 0 saturated carbocycles. The van der Waals surface area contributed by atoms with Crippen LogP contribution in [0.5, 0.6) is 0 Å². The van der Waals surface area contributed by atoms with Crippen molar-refractivity contribution >= 4 is 17.6 Å². The maximum absolute atomic E-state index is 12.3. The number of aliphatic hydroxyl groups excluding tert-OH is 10. The first kappa shape index (κ1) is 43.0. The maximum Gasteiger partial charge on any atom is 0.220 e. The van der Waals surface area contributed by atoms with Crippen LogP contribution in [0.25, 0.3) is 0 Å². The molecule has 0 fully saturated rings. The van der Waals surface area contributed by atoms with Crippen LogP contribution in [-0.2, 0) is 23.9 Å². The van der Waals surface area contributed by atoms with Gasteiger partial charge in [-0.05, 0) is 51.9 Å². The number of rotatable bonds is 27. The standard InChI is InChI=1S/C29H52N2O15/c1-18(34)19(31-23(38)10-4-7-17-46-29(44)27(42)25(40)21(36)12-15-33)8-2-5-13-30-22(37)9-3-6-16-45-28(43)26(41)24(39)20(35)11-14-32/h19-21,28-29,32-33,35-36,39-44H,2-17H2,1H3,(H,30,37)(H,31,38)/b26-24-,27-25-/t19-,20?,21-,28?,29?/m0/s1. The minimum atomic E-state index is -1.89. The summed E-state index contributed by atoms with van der Waals surface area (Å²) in [6, 6.07) is -0.693. The normalized spacial score (nSPS) is 16.0. The molecule has 12 N–H and O–H groups in total. The summed E-state index contributed by atoms with van der Waals surface area (Å²) in [5.41, 5.74) is 0. The second kappa shape index (κ2) is 25.1. The van der Waals surface area contributed by atoms with E-state index in [9.17, 15) is 55.2 Å². The summed E-state index contributed by atoms with van der Waals surface area (Å²) in [5, 5.41) is 99.9. The summed E-state index contributed by atoms with van der Waals surface area (Å²) in [4.78, 5) is 36.2. The SMILES string of the molecule is CC(=O)[C@H](CCCCNC(=O)CCCCOC(O)/C(O)=C(/O)C(O)CCO)NC(=O)CCCCOC(O)/C(O)=C(/O)[C@@H](O)CCO. The summed E-state index contributed by atoms with van der Waals surface area (Å²) in [5.74, 6) is -4.55. The van der Waals surface area contributed by atoms with Crippen molar-refractivity contribution in [1.82, 2.24) is 10.6 Å². The fourth-order valence-electron chi connectivity index (χ4n) is 3.87. The molecule has 0 aromatic rings. The van der Waals surface area contributed by atoms with Crippen LogP contribution in [0.1, 0.15) is 77.6 Å². The van der Waals surface area contributed by atoms with Crippen LogP contribution in [0, 0.1) is 0 Å². The van der Waals surface area contributed by atoms with Crippen molar-refractivity contribution in [2.75, 3.05) is 33.0 Å². The third-order valence-corrected chi connectivity index (χ3v) is 6.64. The van der Waals surface area contributed by atoms with E-state index in [1.165, 1.54) is 6.92 Å². The van der Waals surface area contributed by atoms with Crippen LogP contribution in [0.2, 0.25) is 0 Å². The number of ether oxygens (including phenoxy) is 2. The zero-order valence-electron chi connectivity index (χ0n) is 26.2. The average molecular weight is 669 g/mol. The molecule has 17 heteroatoms. The number of amides is 2. The topological polar surface area (TPSA) is 296 Å². The van der Waals surface area contributed by atoms with E-state index >= 15 is 0 Å². The summed E-state index contributed by atoms with van der Waals surface area (Å²) in [7, 11) is 0. The van der Waals surface area contributed by atoms with Crippen LogP contribution >= 0.6 is 0 Å². The molecule has 0 aliphatic heterocycles. The highest BCUT2D eigenvalue weighted by atomic mass is 16.6. The van der Waals surface area contributed by atoms with E-state index in [1.54, 1.807) is 0 Å². The number of nitrogens with one attached hydrogen (secondary N) is 2. The number of unbranched alkanes of at least 4 members (excludes halogenated alkanes) is 3. The van der Waals surface area contributed by atoms with Gasteiger partial charge in [0.25, 0.3) is 0 Å². The van der Waals surface area contributed by atoms with Gasteiger partial charge >= 0.3 is 0 Å². The fraction of sp³-hybridized carbons (Fsp3) is 0.759. The van der Waals surface area contributed by atoms with E-state index in [-0.39, 0.29) is 56.5 Å². The minimum Gasteiger partial charge on any atom is -0.506 e. The van der Waals surface area contributed by atoms with Crippen LogP contribution in [0.3, 0.4) is 0 Å². The van der Waals surface area contributed by atoms with E-state index in [1.807, 2.05) is 0 Å². The lowest BCUT2D eigenvalue weighted by atomic mass is 10.1. The van der Waals surface area contributed by atoms with Gasteiger partial charge in [0.15, 0.2) is 28.8 Å². The number of Topliss-reactive ketones (excluding diaryl/α,β-unsaturated/α-hetero) is 1. The van der Waals surface area contributed by atoms with Gasteiger partial charge in [-0.25, -0.2) is 0 Å². The molecule has 268 valence electrons. The summed E-state index contributed by atoms with van der Waals surface area (Å²) < 4.78 is 9.94. The van der Waals surface area contributed by atoms with Gasteiger partial charge in [0.1, 0.15) is 12.2 Å². The molecule has 0 aliphatic carbocycles. The first-order chi connectivity index (χ1) is 21.8. The molecular formula is C29H52N2O15. The smallest absolute Gasteiger partial charge is 0.220 e. The molecule has 5 atom stereocenters. The summed E-state index contributed by atoms with van der Waals surface area (Å²) in [6.07, 6.45) is -4.21. The first-order valence-electron chi connectivity index (χ1n) is 15.2. The Hall–Kier alpha value is -3.03. The number of aliphatic hydroxyl groups is 10. The van der Waals surface area contributed by atoms with E-state index in [0.29, 0.717) is 51.5 Å². The predicted molar refractivity (Wildman–Crippen MR) is 161 cm³/mol. The molecule has 0 rings (SSSR count). The molecular weight excluding hydrogens is 616 g/mol. The zero-order valence-corrected chi connectivity index (χ0v) is 26.2. The lowest BCUT2D eigenvalue weighted by Gasteiger charge is -2.17. The quantitative estimate of drug-likeness (QED) is 0.0298. The van der Waals surface area contributed by atoms with E-state index in [4.69, 9.17) is 19.7 Å². The molecule has 46 heavy (non-hydrogen) atoms. The Morgan fingerprint density at radius 3 is 1.50 bits per heavy atom. The maximum atomic E-state index is 12.3. The summed E-state index contributed by atoms with van der Waals surface area (Å²) >= 11 is 0. The first-order valence-corrected chi connectivity index (χ1v) is 15.2. The van der Waals surface area contributed by atoms with Crippen LogP contribution in [0.15, 0.2) is 23.0 Å². The largest absolute Gasteiger partial charge is 0.506 e. The van der Waals surface area contributed by atoms with Gasteiger partial charge in [-0.15, -0.1) is 0 Å². The van der Waals surface area contributed by atoms with Gasteiger partial charge in [-0.3, -0.25) is 14.4 Å². The molecule has 0 aromatic heterocycles. The van der Waals surface area contributed by atoms with Crippen molar-refractivity contribution < 1.29 is 74.9 Å². The number of hydrogen-bond donors (Lipinski definition) is 12. The molecule has 0 aromatic carbocycles. The van der Waals surface area contributed by atoms with Crippen molar-refractivity contribution in [3.8, 4) is 0 Å². The van der Waals surface area contributed by atoms with E-state index in [0.717, 1.165) is 0 Å². The van der Waals surface area contributed by atoms with Gasteiger partial charge < -0.3 is 71.2 Å². The Morgan fingerprint density at radius 1 is 0.609 bits per heavy atom. The highest BCUT2D eigenvalue weighted by molar-refractivity contribution is 5.87. The molecule has 3 unspecified atom stereocenters. The molecule has 0 bridgehead atoms. The van der Waals surface area contributed by atoms with Crippen molar-refractivity contribution in [3.63, 3.8) is 0 Å². The number of carbonyl (C=O) groups excluding carboxylic acids is 3. The van der Waals surface area contributed by atoms with Gasteiger partial charge in [0, 0.05) is 45.4 Å². The lowest BCUT2D eigenvalue weighted by molar-refractivity contribution is -0.127. The Bertz CT molecular complexity index is 959. The minimum absolute atomic E-state index is 0.0387. The molecule has 0 saturated heterocycles. The second-order valence-corrected chi connectivity index (χ2v) is 10.5. The number of hydrogen-bond acceptors (Lipinski definition) is 15. The van der Waals surface area contributed by atoms with Gasteiger partial charge in [0.2, 0.25) is 24.4 Å². The highest BCUT2D eigenvalue weighted by Crippen LogP contribution is 2.14. The van der Waals surface area contributed by atoms with E-state index < -0.39 is 67.1 Å². The van der Waals surface area contributed by atoms with Crippen LogP contribution in [-0.4, -0.2) is 132 Å². The summed E-state index contributed by atoms with van der Waals surface area (Å²) in [6.45, 7) is 0.717. The average Bonchev–Trinajstić information content (AvgIpc) is 3.01. The van der Waals surface area contributed by atoms with Gasteiger partial charge in [-0.1, -0.05) is 0 Å². The van der Waals surface area contributed by atoms with Crippen LogP contribution < -0.4 is 10.6 Å². The van der Waals surface area contributed by atoms with Gasteiger partial charge in [0.05, 0.1) is 19.3 Å². The third-order valence-electron chi connectivity index (χ3n) is 6.64. The molecule has 0 spiro atoms. The zero-order chi connectivity index (χ0) is 35.1. The Morgan fingerprint density at radius 2 is 1.07 bits per heavy atom. The van der Waals surface area contributed by atoms with Crippen molar-refractivity contribution in [2.45, 2.75) is 108 Å². The van der Waals surface area contributed by atoms with Crippen LogP contribution in [0.4, 0.5) is 0 Å². The molecule has 2 amide bonds. The highest BCUT2D eigenvalue weighted by Gasteiger charge is 2.22. The van der Waals surface area contributed by atoms with Crippen molar-refractivity contribution in [2.24, 2.45) is 0 Å². The van der Waals surface area contributed by atoms with Crippen molar-refractivity contribution in [3.05, 3.63) is 23.0 Å². The monoisotopic (exact) mass is 668 g/mol. The Balaban J connectivity index is 4.16. The fourth-order valence-corrected chi connectivity index (χ4v) is 3.87. The number of ketones is 1. The van der Waals surface area contributed by atoms with Gasteiger partial charge in [-0.2, -0.15) is 0 Å². The second-order valence-electron chi connectivity index (χ2n) is 10.5.